The number of aliphatic carboxylic acids is 1. The van der Waals surface area contributed by atoms with E-state index >= 15 is 0 Å². The maximum atomic E-state index is 11.7. The zero-order valence-corrected chi connectivity index (χ0v) is 13.5. The third-order valence-electron chi connectivity index (χ3n) is 3.82. The molecule has 0 saturated carbocycles. The molecular weight excluding hydrogens is 260 g/mol. The molecule has 1 saturated heterocycles. The van der Waals surface area contributed by atoms with Gasteiger partial charge in [0.2, 0.25) is 0 Å². The molecule has 0 aromatic rings. The van der Waals surface area contributed by atoms with Crippen molar-refractivity contribution in [3.8, 4) is 0 Å². The van der Waals surface area contributed by atoms with Gasteiger partial charge in [0.1, 0.15) is 5.54 Å². The zero-order valence-electron chi connectivity index (χ0n) is 12.7. The molecule has 0 aromatic heterocycles. The first kappa shape index (κ1) is 16.8. The average Bonchev–Trinajstić information content (AvgIpc) is 2.33. The Morgan fingerprint density at radius 2 is 1.95 bits per heavy atom. The van der Waals surface area contributed by atoms with Gasteiger partial charge in [0, 0.05) is 18.8 Å². The Hall–Kier alpha value is -0.260. The van der Waals surface area contributed by atoms with Gasteiger partial charge in [0.05, 0.1) is 0 Å². The van der Waals surface area contributed by atoms with Crippen molar-refractivity contribution < 1.29 is 9.90 Å². The number of carboxylic acid groups (broad SMARTS) is 1. The van der Waals surface area contributed by atoms with Gasteiger partial charge >= 0.3 is 5.97 Å². The van der Waals surface area contributed by atoms with Crippen LogP contribution in [-0.2, 0) is 4.79 Å². The van der Waals surface area contributed by atoms with Crippen LogP contribution in [0, 0.1) is 5.41 Å². The van der Waals surface area contributed by atoms with Crippen molar-refractivity contribution >= 4 is 17.7 Å². The van der Waals surface area contributed by atoms with Crippen LogP contribution in [0.1, 0.15) is 34.1 Å². The second kappa shape index (κ2) is 6.95. The van der Waals surface area contributed by atoms with Crippen LogP contribution in [0.25, 0.3) is 0 Å². The molecule has 1 aliphatic rings. The molecule has 0 spiro atoms. The van der Waals surface area contributed by atoms with Crippen molar-refractivity contribution in [1.82, 2.24) is 10.2 Å². The summed E-state index contributed by atoms with van der Waals surface area (Å²) in [7, 11) is 0. The van der Waals surface area contributed by atoms with E-state index in [0.717, 1.165) is 31.9 Å². The Morgan fingerprint density at radius 3 is 2.42 bits per heavy atom. The van der Waals surface area contributed by atoms with E-state index < -0.39 is 11.5 Å². The van der Waals surface area contributed by atoms with Crippen LogP contribution in [0.4, 0.5) is 0 Å². The monoisotopic (exact) mass is 288 g/mol. The molecule has 0 aromatic carbocycles. The molecule has 0 amide bonds. The van der Waals surface area contributed by atoms with Crippen molar-refractivity contribution in [2.75, 3.05) is 37.7 Å². The summed E-state index contributed by atoms with van der Waals surface area (Å²) in [5.74, 6) is 1.01. The molecule has 19 heavy (non-hydrogen) atoms. The number of hydrogen-bond acceptors (Lipinski definition) is 4. The predicted octanol–water partition coefficient (Wildman–Crippen LogP) is 1.90. The summed E-state index contributed by atoms with van der Waals surface area (Å²) in [6.07, 6.45) is 0.709. The molecule has 2 N–H and O–H groups in total. The van der Waals surface area contributed by atoms with Gasteiger partial charge in [-0.1, -0.05) is 27.7 Å². The van der Waals surface area contributed by atoms with Crippen LogP contribution >= 0.6 is 11.8 Å². The lowest BCUT2D eigenvalue weighted by Gasteiger charge is -2.42. The van der Waals surface area contributed by atoms with E-state index in [1.807, 2.05) is 0 Å². The molecule has 112 valence electrons. The first-order valence-corrected chi connectivity index (χ1v) is 8.29. The van der Waals surface area contributed by atoms with Gasteiger partial charge in [-0.05, 0) is 30.7 Å². The number of carboxylic acids is 1. The van der Waals surface area contributed by atoms with Gasteiger partial charge < -0.3 is 10.0 Å². The third-order valence-corrected chi connectivity index (χ3v) is 5.50. The molecule has 0 bridgehead atoms. The first-order chi connectivity index (χ1) is 8.85. The Kier molecular flexibility index (Phi) is 6.15. The number of thioether (sulfide) groups is 1. The Morgan fingerprint density at radius 1 is 1.32 bits per heavy atom. The van der Waals surface area contributed by atoms with Crippen LogP contribution in [0.15, 0.2) is 0 Å². The summed E-state index contributed by atoms with van der Waals surface area (Å²) in [5.41, 5.74) is -0.664. The zero-order chi connectivity index (χ0) is 14.5. The van der Waals surface area contributed by atoms with Gasteiger partial charge in [-0.3, -0.25) is 10.1 Å². The molecular formula is C14H28N2O2S. The summed E-state index contributed by atoms with van der Waals surface area (Å²) < 4.78 is 0. The smallest absolute Gasteiger partial charge is 0.324 e. The van der Waals surface area contributed by atoms with Crippen molar-refractivity contribution in [3.63, 3.8) is 0 Å². The van der Waals surface area contributed by atoms with E-state index in [1.54, 1.807) is 11.8 Å². The van der Waals surface area contributed by atoms with E-state index in [4.69, 9.17) is 0 Å². The van der Waals surface area contributed by atoms with Crippen LogP contribution in [0.3, 0.4) is 0 Å². The van der Waals surface area contributed by atoms with E-state index in [1.165, 1.54) is 0 Å². The maximum Gasteiger partial charge on any atom is 0.324 e. The number of carbonyl (C=O) groups is 1. The molecule has 0 aliphatic carbocycles. The van der Waals surface area contributed by atoms with Crippen molar-refractivity contribution in [1.29, 1.82) is 0 Å². The Labute approximate surface area is 121 Å². The molecule has 4 nitrogen and oxygen atoms in total. The quantitative estimate of drug-likeness (QED) is 0.749. The second-order valence-corrected chi connectivity index (χ2v) is 7.16. The van der Waals surface area contributed by atoms with Gasteiger partial charge in [-0.25, -0.2) is 0 Å². The highest BCUT2D eigenvalue weighted by Crippen LogP contribution is 2.39. The Bertz CT molecular complexity index is 306. The van der Waals surface area contributed by atoms with E-state index in [0.29, 0.717) is 12.2 Å². The number of nitrogens with one attached hydrogen (secondary N) is 1. The lowest BCUT2D eigenvalue weighted by Crippen LogP contribution is -2.60. The molecule has 1 fully saturated rings. The van der Waals surface area contributed by atoms with E-state index in [-0.39, 0.29) is 5.41 Å². The normalized spacial score (nSPS) is 26.6. The first-order valence-electron chi connectivity index (χ1n) is 7.14. The molecule has 1 aliphatic heterocycles. The van der Waals surface area contributed by atoms with Crippen LogP contribution in [-0.4, -0.2) is 59.2 Å². The minimum absolute atomic E-state index is 0.0868. The van der Waals surface area contributed by atoms with Crippen LogP contribution in [0.2, 0.25) is 0 Å². The van der Waals surface area contributed by atoms with Crippen LogP contribution < -0.4 is 5.32 Å². The molecule has 5 heteroatoms. The summed E-state index contributed by atoms with van der Waals surface area (Å²) >= 11 is 1.75. The summed E-state index contributed by atoms with van der Waals surface area (Å²) in [6, 6.07) is 0. The summed E-state index contributed by atoms with van der Waals surface area (Å²) in [5, 5.41) is 12.9. The van der Waals surface area contributed by atoms with E-state index in [2.05, 4.69) is 37.9 Å². The fourth-order valence-corrected chi connectivity index (χ4v) is 4.17. The summed E-state index contributed by atoms with van der Waals surface area (Å²) in [6.45, 7) is 12.3. The van der Waals surface area contributed by atoms with Gasteiger partial charge in [0.15, 0.2) is 0 Å². The average molecular weight is 288 g/mol. The second-order valence-electron chi connectivity index (χ2n) is 6.17. The minimum Gasteiger partial charge on any atom is -0.480 e. The van der Waals surface area contributed by atoms with Crippen molar-refractivity contribution in [3.05, 3.63) is 0 Å². The van der Waals surface area contributed by atoms with Crippen LogP contribution in [0.5, 0.6) is 0 Å². The fourth-order valence-electron chi connectivity index (χ4n) is 2.74. The van der Waals surface area contributed by atoms with Gasteiger partial charge in [-0.15, -0.1) is 0 Å². The molecule has 1 unspecified atom stereocenters. The topological polar surface area (TPSA) is 52.6 Å². The third kappa shape index (κ3) is 4.65. The number of nitrogens with zero attached hydrogens (tertiary/aromatic N) is 1. The highest BCUT2D eigenvalue weighted by molar-refractivity contribution is 7.99. The number of hydrogen-bond donors (Lipinski definition) is 2. The number of rotatable bonds is 7. The summed E-state index contributed by atoms with van der Waals surface area (Å²) in [4.78, 5) is 14.0. The van der Waals surface area contributed by atoms with Crippen molar-refractivity contribution in [2.24, 2.45) is 5.41 Å². The highest BCUT2D eigenvalue weighted by Gasteiger charge is 2.45. The predicted molar refractivity (Wildman–Crippen MR) is 81.9 cm³/mol. The molecule has 1 atom stereocenters. The molecule has 1 heterocycles. The van der Waals surface area contributed by atoms with Crippen molar-refractivity contribution in [2.45, 2.75) is 39.7 Å². The lowest BCUT2D eigenvalue weighted by atomic mass is 9.79. The largest absolute Gasteiger partial charge is 0.480 e. The fraction of sp³-hybridized carbons (Fsp3) is 0.929. The maximum absolute atomic E-state index is 11.7. The lowest BCUT2D eigenvalue weighted by molar-refractivity contribution is -0.145. The Balaban J connectivity index is 2.60. The molecule has 1 rings (SSSR count). The molecule has 0 radical (unpaired) electrons. The standard InChI is InChI=1S/C14H28N2O2S/c1-5-16(6-2)8-7-15-14(12(17)18)9-13(3,4)10-19-11-14/h15H,5-11H2,1-4H3,(H,17,18). The minimum atomic E-state index is -0.750. The highest BCUT2D eigenvalue weighted by atomic mass is 32.2. The number of likely N-dealkylation sites (N-methyl/N-ethyl adjacent to an activating group) is 1. The van der Waals surface area contributed by atoms with E-state index in [9.17, 15) is 9.90 Å². The van der Waals surface area contributed by atoms with Gasteiger partial charge in [-0.2, -0.15) is 11.8 Å². The van der Waals surface area contributed by atoms with Gasteiger partial charge in [0.25, 0.3) is 0 Å². The SMILES string of the molecule is CCN(CC)CCNC1(C(=O)O)CSCC(C)(C)C1.